The fourth-order valence-electron chi connectivity index (χ4n) is 3.87. The highest BCUT2D eigenvalue weighted by Gasteiger charge is 2.47. The number of piperidine rings is 1. The number of rotatable bonds is 6. The maximum Gasteiger partial charge on any atom is 0.249 e. The third-order valence-corrected chi connectivity index (χ3v) is 7.94. The predicted octanol–water partition coefficient (Wildman–Crippen LogP) is 0.712. The molecule has 0 unspecified atom stereocenters. The van der Waals surface area contributed by atoms with Crippen LogP contribution in [-0.2, 0) is 26.0 Å². The highest BCUT2D eigenvalue weighted by Crippen LogP contribution is 2.37. The summed E-state index contributed by atoms with van der Waals surface area (Å²) in [6.07, 6.45) is 6.61. The highest BCUT2D eigenvalue weighted by atomic mass is 32.2. The van der Waals surface area contributed by atoms with Crippen molar-refractivity contribution in [2.45, 2.75) is 49.6 Å². The van der Waals surface area contributed by atoms with Crippen molar-refractivity contribution in [2.75, 3.05) is 19.6 Å². The van der Waals surface area contributed by atoms with Crippen LogP contribution >= 0.6 is 0 Å². The molecular formula is C18H25N3O4S. The van der Waals surface area contributed by atoms with Crippen LogP contribution < -0.4 is 5.32 Å². The molecule has 1 N–H and O–H groups in total. The minimum absolute atomic E-state index is 0.0925. The van der Waals surface area contributed by atoms with E-state index in [1.54, 1.807) is 16.7 Å². The lowest BCUT2D eigenvalue weighted by Crippen LogP contribution is -2.46. The predicted molar refractivity (Wildman–Crippen MR) is 95.9 cm³/mol. The molecule has 2 aliphatic heterocycles. The topological polar surface area (TPSA) is 88.6 Å². The summed E-state index contributed by atoms with van der Waals surface area (Å²) in [5, 5.41) is 2.75. The summed E-state index contributed by atoms with van der Waals surface area (Å²) >= 11 is 0. The molecule has 1 aromatic heterocycles. The van der Waals surface area contributed by atoms with Crippen LogP contribution in [0.25, 0.3) is 0 Å². The van der Waals surface area contributed by atoms with Crippen molar-refractivity contribution >= 4 is 15.9 Å². The zero-order valence-corrected chi connectivity index (χ0v) is 15.5. The Morgan fingerprint density at radius 2 is 2.04 bits per heavy atom. The third kappa shape index (κ3) is 3.77. The van der Waals surface area contributed by atoms with Gasteiger partial charge in [-0.25, -0.2) is 8.42 Å². The number of carbonyl (C=O) groups is 1. The van der Waals surface area contributed by atoms with E-state index in [9.17, 15) is 13.2 Å². The zero-order chi connectivity index (χ0) is 18.1. The molecule has 8 heteroatoms. The fourth-order valence-corrected chi connectivity index (χ4v) is 5.74. The van der Waals surface area contributed by atoms with Crippen LogP contribution in [0.2, 0.25) is 0 Å². The fraction of sp³-hybridized carbons (Fsp3) is 0.667. The molecule has 4 rings (SSSR count). The lowest BCUT2D eigenvalue weighted by molar-refractivity contribution is -0.132. The van der Waals surface area contributed by atoms with Crippen molar-refractivity contribution in [2.24, 2.45) is 5.92 Å². The van der Waals surface area contributed by atoms with E-state index in [-0.39, 0.29) is 23.2 Å². The van der Waals surface area contributed by atoms with Crippen molar-refractivity contribution in [1.82, 2.24) is 14.6 Å². The summed E-state index contributed by atoms with van der Waals surface area (Å²) in [7, 11) is -3.16. The van der Waals surface area contributed by atoms with Gasteiger partial charge in [0.2, 0.25) is 15.9 Å². The van der Waals surface area contributed by atoms with E-state index >= 15 is 0 Å². The van der Waals surface area contributed by atoms with Crippen LogP contribution in [0.1, 0.15) is 31.2 Å². The highest BCUT2D eigenvalue weighted by molar-refractivity contribution is 7.90. The van der Waals surface area contributed by atoms with Crippen molar-refractivity contribution in [1.29, 1.82) is 0 Å². The zero-order valence-electron chi connectivity index (χ0n) is 14.7. The van der Waals surface area contributed by atoms with Gasteiger partial charge in [0, 0.05) is 32.0 Å². The van der Waals surface area contributed by atoms with Crippen LogP contribution in [0.4, 0.5) is 0 Å². The molecule has 1 aromatic rings. The first-order valence-corrected chi connectivity index (χ1v) is 10.9. The van der Waals surface area contributed by atoms with Crippen molar-refractivity contribution in [3.05, 3.63) is 30.1 Å². The van der Waals surface area contributed by atoms with Gasteiger partial charge in [-0.3, -0.25) is 9.78 Å². The molecule has 0 aromatic carbocycles. The van der Waals surface area contributed by atoms with E-state index < -0.39 is 16.1 Å². The van der Waals surface area contributed by atoms with E-state index in [1.807, 2.05) is 12.1 Å². The Balaban J connectivity index is 1.27. The Labute approximate surface area is 154 Å². The van der Waals surface area contributed by atoms with Crippen LogP contribution in [0.3, 0.4) is 0 Å². The molecule has 3 heterocycles. The van der Waals surface area contributed by atoms with Gasteiger partial charge in [0.15, 0.2) is 0 Å². The van der Waals surface area contributed by atoms with Gasteiger partial charge in [-0.15, -0.1) is 0 Å². The number of ether oxygens (including phenoxy) is 1. The van der Waals surface area contributed by atoms with Crippen LogP contribution in [0, 0.1) is 5.92 Å². The molecule has 1 saturated carbocycles. The van der Waals surface area contributed by atoms with Crippen molar-refractivity contribution in [3.63, 3.8) is 0 Å². The molecule has 3 fully saturated rings. The number of nitrogens with one attached hydrogen (secondary N) is 1. The van der Waals surface area contributed by atoms with Crippen LogP contribution in [0.15, 0.2) is 24.5 Å². The summed E-state index contributed by atoms with van der Waals surface area (Å²) < 4.78 is 32.3. The number of hydrogen-bond donors (Lipinski definition) is 1. The Bertz CT molecular complexity index is 751. The SMILES string of the molecule is O=C(NCCc1ccncc1)[C@@H]1C[C@@H]2CCN(S(=O)(=O)C3CC3)C[C@H]2O1. The van der Waals surface area contributed by atoms with Gasteiger partial charge in [-0.05, 0) is 55.7 Å². The monoisotopic (exact) mass is 379 g/mol. The van der Waals surface area contributed by atoms with Crippen LogP contribution in [-0.4, -0.2) is 60.7 Å². The average Bonchev–Trinajstić information content (AvgIpc) is 3.42. The second-order valence-electron chi connectivity index (χ2n) is 7.45. The van der Waals surface area contributed by atoms with Gasteiger partial charge in [-0.1, -0.05) is 0 Å². The van der Waals surface area contributed by atoms with E-state index in [1.165, 1.54) is 0 Å². The quantitative estimate of drug-likeness (QED) is 0.786. The molecule has 26 heavy (non-hydrogen) atoms. The Hall–Kier alpha value is -1.51. The van der Waals surface area contributed by atoms with Gasteiger partial charge in [0.1, 0.15) is 6.10 Å². The van der Waals surface area contributed by atoms with Gasteiger partial charge < -0.3 is 10.1 Å². The number of amides is 1. The Morgan fingerprint density at radius 3 is 2.77 bits per heavy atom. The van der Waals surface area contributed by atoms with Gasteiger partial charge >= 0.3 is 0 Å². The van der Waals surface area contributed by atoms with E-state index in [0.29, 0.717) is 26.1 Å². The molecule has 3 aliphatic rings. The average molecular weight is 379 g/mol. The Morgan fingerprint density at radius 1 is 1.27 bits per heavy atom. The Kier molecular flexibility index (Phi) is 4.98. The van der Waals surface area contributed by atoms with E-state index in [2.05, 4.69) is 10.3 Å². The molecule has 1 aliphatic carbocycles. The molecule has 3 atom stereocenters. The molecule has 2 saturated heterocycles. The lowest BCUT2D eigenvalue weighted by atomic mass is 9.93. The largest absolute Gasteiger partial charge is 0.363 e. The summed E-state index contributed by atoms with van der Waals surface area (Å²) in [6.45, 7) is 1.50. The van der Waals surface area contributed by atoms with Gasteiger partial charge in [0.05, 0.1) is 11.4 Å². The third-order valence-electron chi connectivity index (χ3n) is 5.57. The van der Waals surface area contributed by atoms with Crippen molar-refractivity contribution in [3.8, 4) is 0 Å². The second kappa shape index (κ2) is 7.25. The number of aromatic nitrogens is 1. The molecule has 142 valence electrons. The summed E-state index contributed by atoms with van der Waals surface area (Å²) in [5.74, 6) is 0.182. The first-order valence-electron chi connectivity index (χ1n) is 9.35. The summed E-state index contributed by atoms with van der Waals surface area (Å²) in [6, 6.07) is 3.86. The van der Waals surface area contributed by atoms with Gasteiger partial charge in [0.25, 0.3) is 0 Å². The van der Waals surface area contributed by atoms with Gasteiger partial charge in [-0.2, -0.15) is 4.31 Å². The normalized spacial score (nSPS) is 29.3. The van der Waals surface area contributed by atoms with Crippen molar-refractivity contribution < 1.29 is 17.9 Å². The number of hydrogen-bond acceptors (Lipinski definition) is 5. The van der Waals surface area contributed by atoms with Crippen LogP contribution in [0.5, 0.6) is 0 Å². The molecule has 0 spiro atoms. The number of pyridine rings is 1. The number of nitrogens with zero attached hydrogens (tertiary/aromatic N) is 2. The first kappa shape index (κ1) is 17.9. The van der Waals surface area contributed by atoms with E-state index in [0.717, 1.165) is 31.2 Å². The second-order valence-corrected chi connectivity index (χ2v) is 9.66. The maximum atomic E-state index is 12.4. The minimum Gasteiger partial charge on any atom is -0.363 e. The number of fused-ring (bicyclic) bond motifs is 1. The number of carbonyl (C=O) groups excluding carboxylic acids is 1. The standard InChI is InChI=1S/C18H25N3O4S/c22-18(20-9-5-13-3-7-19-8-4-13)16-11-14-6-10-21(12-17(14)25-16)26(23,24)15-1-2-15/h3-4,7-8,14-17H,1-2,5-6,9-12H2,(H,20,22)/t14-,16-,17+/m0/s1. The summed E-state index contributed by atoms with van der Waals surface area (Å²) in [5.41, 5.74) is 1.13. The van der Waals surface area contributed by atoms with E-state index in [4.69, 9.17) is 4.74 Å². The molecule has 0 bridgehead atoms. The molecular weight excluding hydrogens is 354 g/mol. The minimum atomic E-state index is -3.16. The maximum absolute atomic E-state index is 12.4. The molecule has 7 nitrogen and oxygen atoms in total. The summed E-state index contributed by atoms with van der Waals surface area (Å²) in [4.78, 5) is 16.4. The molecule has 0 radical (unpaired) electrons. The number of sulfonamides is 1. The first-order chi connectivity index (χ1) is 12.5. The lowest BCUT2D eigenvalue weighted by Gasteiger charge is -2.33. The smallest absolute Gasteiger partial charge is 0.249 e. The molecule has 1 amide bonds.